The van der Waals surface area contributed by atoms with Crippen LogP contribution in [0.5, 0.6) is 5.75 Å². The lowest BCUT2D eigenvalue weighted by molar-refractivity contribution is -0.117. The van der Waals surface area contributed by atoms with Gasteiger partial charge in [0.05, 0.1) is 7.11 Å². The molecule has 1 saturated heterocycles. The van der Waals surface area contributed by atoms with Gasteiger partial charge in [-0.1, -0.05) is 6.07 Å². The van der Waals surface area contributed by atoms with Crippen LogP contribution in [0.2, 0.25) is 0 Å². The van der Waals surface area contributed by atoms with Gasteiger partial charge in [0.2, 0.25) is 5.91 Å². The van der Waals surface area contributed by atoms with Gasteiger partial charge in [-0.15, -0.1) is 0 Å². The summed E-state index contributed by atoms with van der Waals surface area (Å²) < 4.78 is 5.02. The number of ether oxygens (including phenoxy) is 1. The first-order chi connectivity index (χ1) is 13.0. The van der Waals surface area contributed by atoms with Crippen LogP contribution in [-0.4, -0.2) is 36.5 Å². The maximum atomic E-state index is 12.3. The maximum Gasteiger partial charge on any atom is 0.339 e. The fourth-order valence-electron chi connectivity index (χ4n) is 3.03. The number of rotatable bonds is 6. The number of nitrogens with one attached hydrogen (secondary N) is 1. The normalized spacial score (nSPS) is 13.5. The summed E-state index contributed by atoms with van der Waals surface area (Å²) in [6.07, 6.45) is 1.41. The molecule has 2 aromatic carbocycles. The molecule has 0 aromatic heterocycles. The van der Waals surface area contributed by atoms with Crippen LogP contribution in [-0.2, 0) is 11.3 Å². The monoisotopic (exact) mass is 368 g/mol. The van der Waals surface area contributed by atoms with Crippen molar-refractivity contribution in [3.05, 3.63) is 59.2 Å². The molecule has 140 valence electrons. The van der Waals surface area contributed by atoms with Crippen molar-refractivity contribution in [2.75, 3.05) is 18.6 Å². The van der Waals surface area contributed by atoms with Crippen molar-refractivity contribution in [2.45, 2.75) is 19.4 Å². The van der Waals surface area contributed by atoms with Gasteiger partial charge in [-0.25, -0.2) is 4.79 Å². The van der Waals surface area contributed by atoms with Gasteiger partial charge in [0.15, 0.2) is 0 Å². The van der Waals surface area contributed by atoms with Crippen LogP contribution in [0.4, 0.5) is 5.69 Å². The fourth-order valence-corrected chi connectivity index (χ4v) is 3.03. The number of benzene rings is 2. The summed E-state index contributed by atoms with van der Waals surface area (Å²) in [4.78, 5) is 37.1. The van der Waals surface area contributed by atoms with Crippen LogP contribution in [0, 0.1) is 0 Å². The summed E-state index contributed by atoms with van der Waals surface area (Å²) in [5.74, 6) is -1.00. The van der Waals surface area contributed by atoms with E-state index in [1.165, 1.54) is 13.2 Å². The van der Waals surface area contributed by atoms with Crippen molar-refractivity contribution in [1.82, 2.24) is 5.32 Å². The van der Waals surface area contributed by atoms with Gasteiger partial charge in [0, 0.05) is 30.8 Å². The second kappa shape index (κ2) is 7.90. The van der Waals surface area contributed by atoms with Crippen LogP contribution in [0.1, 0.15) is 39.1 Å². The molecule has 0 saturated carbocycles. The third kappa shape index (κ3) is 4.08. The van der Waals surface area contributed by atoms with E-state index in [0.29, 0.717) is 24.1 Å². The number of carbonyl (C=O) groups is 3. The van der Waals surface area contributed by atoms with Gasteiger partial charge >= 0.3 is 5.97 Å². The van der Waals surface area contributed by atoms with E-state index in [4.69, 9.17) is 4.74 Å². The molecule has 7 nitrogen and oxygen atoms in total. The molecular formula is C20H20N2O5. The standard InChI is InChI=1S/C20H20N2O5/c1-27-17-9-4-13(11-16(17)20(25)26)12-21-19(24)14-5-7-15(8-6-14)22-10-2-3-18(22)23/h4-9,11H,2-3,10,12H2,1H3,(H,21,24)(H,25,26). The Kier molecular flexibility index (Phi) is 5.40. The van der Waals surface area contributed by atoms with Gasteiger partial charge in [-0.05, 0) is 48.4 Å². The molecule has 0 unspecified atom stereocenters. The highest BCUT2D eigenvalue weighted by Gasteiger charge is 2.21. The second-order valence-corrected chi connectivity index (χ2v) is 6.22. The predicted octanol–water partition coefficient (Wildman–Crippen LogP) is 2.45. The summed E-state index contributed by atoms with van der Waals surface area (Å²) in [7, 11) is 1.41. The molecule has 2 amide bonds. The van der Waals surface area contributed by atoms with E-state index >= 15 is 0 Å². The van der Waals surface area contributed by atoms with E-state index in [-0.39, 0.29) is 29.7 Å². The minimum atomic E-state index is -1.09. The molecule has 1 aliphatic rings. The van der Waals surface area contributed by atoms with Gasteiger partial charge in [0.25, 0.3) is 5.91 Å². The highest BCUT2D eigenvalue weighted by Crippen LogP contribution is 2.22. The van der Waals surface area contributed by atoms with Gasteiger partial charge in [0.1, 0.15) is 11.3 Å². The molecule has 0 spiro atoms. The number of carboxylic acid groups (broad SMARTS) is 1. The SMILES string of the molecule is COc1ccc(CNC(=O)c2ccc(N3CCCC3=O)cc2)cc1C(=O)O. The van der Waals surface area contributed by atoms with Crippen LogP contribution < -0.4 is 15.0 Å². The minimum Gasteiger partial charge on any atom is -0.496 e. The van der Waals surface area contributed by atoms with Crippen molar-refractivity contribution in [3.8, 4) is 5.75 Å². The molecule has 3 rings (SSSR count). The first kappa shape index (κ1) is 18.4. The van der Waals surface area contributed by atoms with Crippen LogP contribution in [0.25, 0.3) is 0 Å². The second-order valence-electron chi connectivity index (χ2n) is 6.22. The molecule has 2 N–H and O–H groups in total. The highest BCUT2D eigenvalue weighted by molar-refractivity contribution is 5.97. The van der Waals surface area contributed by atoms with E-state index < -0.39 is 5.97 Å². The lowest BCUT2D eigenvalue weighted by Gasteiger charge is -2.16. The van der Waals surface area contributed by atoms with Crippen molar-refractivity contribution in [2.24, 2.45) is 0 Å². The topological polar surface area (TPSA) is 95.9 Å². The molecule has 0 radical (unpaired) electrons. The highest BCUT2D eigenvalue weighted by atomic mass is 16.5. The number of aromatic carboxylic acids is 1. The summed E-state index contributed by atoms with van der Waals surface area (Å²) >= 11 is 0. The Morgan fingerprint density at radius 3 is 2.52 bits per heavy atom. The van der Waals surface area contributed by atoms with E-state index in [2.05, 4.69) is 5.32 Å². The third-order valence-corrected chi connectivity index (χ3v) is 4.46. The lowest BCUT2D eigenvalue weighted by Crippen LogP contribution is -2.25. The number of carbonyl (C=O) groups excluding carboxylic acids is 2. The quantitative estimate of drug-likeness (QED) is 0.816. The van der Waals surface area contributed by atoms with E-state index in [1.54, 1.807) is 41.3 Å². The molecule has 7 heteroatoms. The zero-order chi connectivity index (χ0) is 19.4. The molecule has 0 atom stereocenters. The molecule has 1 fully saturated rings. The predicted molar refractivity (Wildman–Crippen MR) is 99.2 cm³/mol. The molecule has 1 heterocycles. The number of nitrogens with zero attached hydrogens (tertiary/aromatic N) is 1. The Balaban J connectivity index is 1.65. The van der Waals surface area contributed by atoms with Crippen molar-refractivity contribution < 1.29 is 24.2 Å². The molecule has 27 heavy (non-hydrogen) atoms. The first-order valence-electron chi connectivity index (χ1n) is 8.58. The third-order valence-electron chi connectivity index (χ3n) is 4.46. The maximum absolute atomic E-state index is 12.3. The van der Waals surface area contributed by atoms with Gasteiger partial charge < -0.3 is 20.1 Å². The van der Waals surface area contributed by atoms with E-state index in [0.717, 1.165) is 12.1 Å². The van der Waals surface area contributed by atoms with Crippen LogP contribution in [0.15, 0.2) is 42.5 Å². The minimum absolute atomic E-state index is 0.0453. The summed E-state index contributed by atoms with van der Waals surface area (Å²) in [6.45, 7) is 0.892. The van der Waals surface area contributed by atoms with Crippen LogP contribution >= 0.6 is 0 Å². The number of hydrogen-bond donors (Lipinski definition) is 2. The Morgan fingerprint density at radius 1 is 1.19 bits per heavy atom. The zero-order valence-corrected chi connectivity index (χ0v) is 14.9. The molecule has 2 aromatic rings. The Morgan fingerprint density at radius 2 is 1.93 bits per heavy atom. The van der Waals surface area contributed by atoms with Crippen molar-refractivity contribution in [3.63, 3.8) is 0 Å². The zero-order valence-electron chi connectivity index (χ0n) is 14.9. The Labute approximate surface area is 156 Å². The van der Waals surface area contributed by atoms with Crippen molar-refractivity contribution in [1.29, 1.82) is 0 Å². The molecule has 0 aliphatic carbocycles. The van der Waals surface area contributed by atoms with E-state index in [1.807, 2.05) is 0 Å². The number of amides is 2. The number of carboxylic acids is 1. The van der Waals surface area contributed by atoms with Gasteiger partial charge in [-0.3, -0.25) is 9.59 Å². The smallest absolute Gasteiger partial charge is 0.339 e. The lowest BCUT2D eigenvalue weighted by atomic mass is 10.1. The average molecular weight is 368 g/mol. The number of hydrogen-bond acceptors (Lipinski definition) is 4. The fraction of sp³-hybridized carbons (Fsp3) is 0.250. The van der Waals surface area contributed by atoms with Crippen LogP contribution in [0.3, 0.4) is 0 Å². The first-order valence-corrected chi connectivity index (χ1v) is 8.58. The van der Waals surface area contributed by atoms with E-state index in [9.17, 15) is 19.5 Å². The van der Waals surface area contributed by atoms with Gasteiger partial charge in [-0.2, -0.15) is 0 Å². The molecule has 0 bridgehead atoms. The Hall–Kier alpha value is -3.35. The summed E-state index contributed by atoms with van der Waals surface area (Å²) in [5.41, 5.74) is 1.96. The number of anilines is 1. The number of methoxy groups -OCH3 is 1. The molecular weight excluding hydrogens is 348 g/mol. The molecule has 1 aliphatic heterocycles. The average Bonchev–Trinajstić information content (AvgIpc) is 3.11. The summed E-state index contributed by atoms with van der Waals surface area (Å²) in [5, 5.41) is 12.0. The largest absolute Gasteiger partial charge is 0.496 e. The van der Waals surface area contributed by atoms with Crippen molar-refractivity contribution >= 4 is 23.5 Å². The Bertz CT molecular complexity index is 876. The summed E-state index contributed by atoms with van der Waals surface area (Å²) in [6, 6.07) is 11.6.